The summed E-state index contributed by atoms with van der Waals surface area (Å²) in [6.45, 7) is 9.20. The summed E-state index contributed by atoms with van der Waals surface area (Å²) in [5.41, 5.74) is -0.833. The number of rotatable bonds is 5. The van der Waals surface area contributed by atoms with Crippen molar-refractivity contribution in [2.24, 2.45) is 5.41 Å². The first kappa shape index (κ1) is 16.0. The van der Waals surface area contributed by atoms with Crippen molar-refractivity contribution in [1.29, 1.82) is 5.26 Å². The van der Waals surface area contributed by atoms with Crippen molar-refractivity contribution >= 4 is 5.91 Å². The Morgan fingerprint density at radius 1 is 1.26 bits per heavy atom. The van der Waals surface area contributed by atoms with E-state index in [4.69, 9.17) is 4.74 Å². The topological polar surface area (TPSA) is 53.3 Å². The molecule has 108 valence electrons. The number of nitrogens with zero attached hydrogens (tertiary/aromatic N) is 2. The molecule has 19 heavy (non-hydrogen) atoms. The predicted octanol–water partition coefficient (Wildman–Crippen LogP) is 2.73. The molecular formula is C15H26N2O2. The van der Waals surface area contributed by atoms with Crippen LogP contribution >= 0.6 is 0 Å². The Morgan fingerprint density at radius 3 is 2.11 bits per heavy atom. The van der Waals surface area contributed by atoms with E-state index in [9.17, 15) is 10.1 Å². The second-order valence-corrected chi connectivity index (χ2v) is 5.66. The van der Waals surface area contributed by atoms with E-state index in [1.165, 1.54) is 0 Å². The minimum atomic E-state index is -0.833. The van der Waals surface area contributed by atoms with Gasteiger partial charge in [-0.05, 0) is 26.7 Å². The highest BCUT2D eigenvalue weighted by Gasteiger charge is 2.41. The van der Waals surface area contributed by atoms with Gasteiger partial charge in [-0.15, -0.1) is 0 Å². The second-order valence-electron chi connectivity index (χ2n) is 5.66. The van der Waals surface area contributed by atoms with Gasteiger partial charge in [-0.3, -0.25) is 4.79 Å². The van der Waals surface area contributed by atoms with E-state index < -0.39 is 5.41 Å². The van der Waals surface area contributed by atoms with Crippen LogP contribution in [0.4, 0.5) is 0 Å². The van der Waals surface area contributed by atoms with Gasteiger partial charge in [0.25, 0.3) is 0 Å². The standard InChI is InChI=1S/C15H26N2O2/c1-5-7-15(11-16,8-6-2)14(18)17-9-12(3)19-13(4)10-17/h12-13H,5-10H2,1-4H3/t12-,13+. The number of ether oxygens (including phenoxy) is 1. The number of hydrogen-bond acceptors (Lipinski definition) is 3. The van der Waals surface area contributed by atoms with Crippen LogP contribution in [0.25, 0.3) is 0 Å². The summed E-state index contributed by atoms with van der Waals surface area (Å²) < 4.78 is 5.66. The number of nitriles is 1. The van der Waals surface area contributed by atoms with E-state index in [0.717, 1.165) is 12.8 Å². The summed E-state index contributed by atoms with van der Waals surface area (Å²) in [6.07, 6.45) is 3.11. The number of morpholine rings is 1. The normalized spacial score (nSPS) is 24.1. The largest absolute Gasteiger partial charge is 0.372 e. The third-order valence-corrected chi connectivity index (χ3v) is 3.68. The molecule has 1 saturated heterocycles. The molecule has 4 heteroatoms. The van der Waals surface area contributed by atoms with Gasteiger partial charge >= 0.3 is 0 Å². The molecule has 4 nitrogen and oxygen atoms in total. The Bertz CT molecular complexity index is 333. The Kier molecular flexibility index (Phi) is 5.81. The maximum absolute atomic E-state index is 12.8. The van der Waals surface area contributed by atoms with Crippen LogP contribution in [-0.2, 0) is 9.53 Å². The lowest BCUT2D eigenvalue weighted by molar-refractivity contribution is -0.151. The maximum Gasteiger partial charge on any atom is 0.243 e. The Labute approximate surface area is 116 Å². The van der Waals surface area contributed by atoms with Gasteiger partial charge in [0.15, 0.2) is 0 Å². The van der Waals surface area contributed by atoms with Crippen molar-refractivity contribution < 1.29 is 9.53 Å². The van der Waals surface area contributed by atoms with Crippen molar-refractivity contribution in [2.75, 3.05) is 13.1 Å². The molecule has 0 aromatic heterocycles. The average Bonchev–Trinajstić information content (AvgIpc) is 2.36. The summed E-state index contributed by atoms with van der Waals surface area (Å²) in [6, 6.07) is 2.31. The van der Waals surface area contributed by atoms with Crippen molar-refractivity contribution in [3.63, 3.8) is 0 Å². The Hall–Kier alpha value is -1.08. The summed E-state index contributed by atoms with van der Waals surface area (Å²) in [7, 11) is 0. The summed E-state index contributed by atoms with van der Waals surface area (Å²) in [5.74, 6) is 0.000648. The second kappa shape index (κ2) is 6.91. The molecule has 0 bridgehead atoms. The zero-order valence-electron chi connectivity index (χ0n) is 12.6. The molecule has 1 amide bonds. The molecular weight excluding hydrogens is 240 g/mol. The Morgan fingerprint density at radius 2 is 1.74 bits per heavy atom. The first-order valence-electron chi connectivity index (χ1n) is 7.35. The molecule has 0 unspecified atom stereocenters. The molecule has 0 aliphatic carbocycles. The van der Waals surface area contributed by atoms with Crippen LogP contribution in [0, 0.1) is 16.7 Å². The van der Waals surface area contributed by atoms with Crippen LogP contribution in [0.15, 0.2) is 0 Å². The summed E-state index contributed by atoms with van der Waals surface area (Å²) in [5, 5.41) is 9.54. The first-order chi connectivity index (χ1) is 8.99. The monoisotopic (exact) mass is 266 g/mol. The fourth-order valence-corrected chi connectivity index (χ4v) is 3.00. The van der Waals surface area contributed by atoms with Gasteiger partial charge in [-0.1, -0.05) is 26.7 Å². The zero-order valence-corrected chi connectivity index (χ0v) is 12.6. The fraction of sp³-hybridized carbons (Fsp3) is 0.867. The van der Waals surface area contributed by atoms with Crippen molar-refractivity contribution in [3.05, 3.63) is 0 Å². The fourth-order valence-electron chi connectivity index (χ4n) is 3.00. The molecule has 0 N–H and O–H groups in total. The third-order valence-electron chi connectivity index (χ3n) is 3.68. The smallest absolute Gasteiger partial charge is 0.243 e. The van der Waals surface area contributed by atoms with Gasteiger partial charge in [0, 0.05) is 13.1 Å². The lowest BCUT2D eigenvalue weighted by Gasteiger charge is -2.39. The minimum absolute atomic E-state index is 0.000648. The van der Waals surface area contributed by atoms with Gasteiger partial charge in [0.2, 0.25) is 5.91 Å². The molecule has 1 rings (SSSR count). The number of amides is 1. The van der Waals surface area contributed by atoms with Crippen LogP contribution in [-0.4, -0.2) is 36.1 Å². The van der Waals surface area contributed by atoms with E-state index in [0.29, 0.717) is 25.9 Å². The number of carbonyl (C=O) groups excluding carboxylic acids is 1. The molecule has 2 atom stereocenters. The SMILES string of the molecule is CCCC(C#N)(CCC)C(=O)N1C[C@@H](C)O[C@@H](C)C1. The van der Waals surface area contributed by atoms with Crippen LogP contribution in [0.3, 0.4) is 0 Å². The minimum Gasteiger partial charge on any atom is -0.372 e. The lowest BCUT2D eigenvalue weighted by Crippen LogP contribution is -2.53. The van der Waals surface area contributed by atoms with E-state index >= 15 is 0 Å². The molecule has 0 saturated carbocycles. The van der Waals surface area contributed by atoms with Crippen LogP contribution in [0.2, 0.25) is 0 Å². The van der Waals surface area contributed by atoms with E-state index in [1.54, 1.807) is 0 Å². The van der Waals surface area contributed by atoms with Gasteiger partial charge in [-0.2, -0.15) is 5.26 Å². The van der Waals surface area contributed by atoms with Crippen molar-refractivity contribution in [1.82, 2.24) is 4.90 Å². The van der Waals surface area contributed by atoms with Gasteiger partial charge in [0.05, 0.1) is 18.3 Å². The van der Waals surface area contributed by atoms with Crippen molar-refractivity contribution in [3.8, 4) is 6.07 Å². The summed E-state index contributed by atoms with van der Waals surface area (Å²) in [4.78, 5) is 14.6. The van der Waals surface area contributed by atoms with Crippen LogP contribution in [0.1, 0.15) is 53.4 Å². The van der Waals surface area contributed by atoms with E-state index in [1.807, 2.05) is 32.6 Å². The average molecular weight is 266 g/mol. The van der Waals surface area contributed by atoms with E-state index in [-0.39, 0.29) is 18.1 Å². The summed E-state index contributed by atoms with van der Waals surface area (Å²) >= 11 is 0. The molecule has 0 aromatic carbocycles. The molecule has 1 aliphatic heterocycles. The number of carbonyl (C=O) groups is 1. The quantitative estimate of drug-likeness (QED) is 0.769. The van der Waals surface area contributed by atoms with Gasteiger partial charge in [-0.25, -0.2) is 0 Å². The zero-order chi connectivity index (χ0) is 14.5. The predicted molar refractivity (Wildman–Crippen MR) is 74.5 cm³/mol. The molecule has 1 aliphatic rings. The molecule has 1 fully saturated rings. The number of hydrogen-bond donors (Lipinski definition) is 0. The first-order valence-corrected chi connectivity index (χ1v) is 7.35. The highest BCUT2D eigenvalue weighted by molar-refractivity contribution is 5.85. The lowest BCUT2D eigenvalue weighted by atomic mass is 9.79. The molecule has 0 aromatic rings. The van der Waals surface area contributed by atoms with Crippen LogP contribution in [0.5, 0.6) is 0 Å². The highest BCUT2D eigenvalue weighted by Crippen LogP contribution is 2.32. The molecule has 0 radical (unpaired) electrons. The highest BCUT2D eigenvalue weighted by atomic mass is 16.5. The van der Waals surface area contributed by atoms with Crippen molar-refractivity contribution in [2.45, 2.75) is 65.6 Å². The molecule has 0 spiro atoms. The maximum atomic E-state index is 12.8. The van der Waals surface area contributed by atoms with Gasteiger partial charge < -0.3 is 9.64 Å². The van der Waals surface area contributed by atoms with Gasteiger partial charge in [0.1, 0.15) is 5.41 Å². The molecule has 1 heterocycles. The van der Waals surface area contributed by atoms with E-state index in [2.05, 4.69) is 6.07 Å². The van der Waals surface area contributed by atoms with Crippen LogP contribution < -0.4 is 0 Å². The Balaban J connectivity index is 2.89. The third kappa shape index (κ3) is 3.70.